The second-order valence-electron chi connectivity index (χ2n) is 14.3. The molecule has 3 saturated carbocycles. The van der Waals surface area contributed by atoms with E-state index in [0.717, 1.165) is 43.4 Å². The van der Waals surface area contributed by atoms with Gasteiger partial charge in [0, 0.05) is 5.41 Å². The Hall–Kier alpha value is -1.61. The molecule has 1 heterocycles. The molecule has 1 aromatic rings. The molecule has 0 N–H and O–H groups in total. The van der Waals surface area contributed by atoms with Crippen LogP contribution in [0.5, 0.6) is 0 Å². The Morgan fingerprint density at radius 3 is 2.59 bits per heavy atom. The Kier molecular flexibility index (Phi) is 6.41. The number of rotatable bonds is 7. The maximum absolute atomic E-state index is 12.7. The summed E-state index contributed by atoms with van der Waals surface area (Å²) in [5, 5.41) is 0. The standard InChI is InChI=1S/C34H48O3/c1-22(2)10-9-11-23(3)29-21-30-34(37-30)28-15-14-25-20-26(36-31(35)24-12-7-6-8-13-24)16-18-32(25,4)27(28)17-19-33(29,34)5/h6-8,12-13,15,22-23,25-27,29-30H,9-11,14,16-21H2,1-5H3/t23-,25+,26+,27+,29-,30-,32-,33-,34+/m0/s1. The summed E-state index contributed by atoms with van der Waals surface area (Å²) < 4.78 is 12.8. The van der Waals surface area contributed by atoms with Gasteiger partial charge in [-0.25, -0.2) is 4.79 Å². The fourth-order valence-electron chi connectivity index (χ4n) is 9.75. The van der Waals surface area contributed by atoms with Crippen molar-refractivity contribution in [2.45, 2.75) is 117 Å². The molecule has 0 bridgehead atoms. The van der Waals surface area contributed by atoms with E-state index in [1.807, 2.05) is 30.3 Å². The van der Waals surface area contributed by atoms with Gasteiger partial charge in [-0.3, -0.25) is 0 Å². The van der Waals surface area contributed by atoms with Crippen molar-refractivity contribution in [3.05, 3.63) is 47.5 Å². The first-order valence-corrected chi connectivity index (χ1v) is 15.3. The summed E-state index contributed by atoms with van der Waals surface area (Å²) in [5.74, 6) is 3.44. The summed E-state index contributed by atoms with van der Waals surface area (Å²) in [5.41, 5.74) is 2.97. The highest BCUT2D eigenvalue weighted by Gasteiger charge is 2.79. The predicted octanol–water partition coefficient (Wildman–Crippen LogP) is 8.38. The Labute approximate surface area is 224 Å². The molecule has 6 rings (SSSR count). The molecule has 1 saturated heterocycles. The van der Waals surface area contributed by atoms with Crippen molar-refractivity contribution in [2.75, 3.05) is 0 Å². The van der Waals surface area contributed by atoms with Gasteiger partial charge in [0.05, 0.1) is 11.7 Å². The van der Waals surface area contributed by atoms with Crippen molar-refractivity contribution in [3.63, 3.8) is 0 Å². The number of allylic oxidation sites excluding steroid dienone is 1. The first-order valence-electron chi connectivity index (χ1n) is 15.3. The first kappa shape index (κ1) is 25.7. The molecule has 3 nitrogen and oxygen atoms in total. The average molecular weight is 505 g/mol. The molecule has 1 spiro atoms. The van der Waals surface area contributed by atoms with Crippen LogP contribution in [0.3, 0.4) is 0 Å². The van der Waals surface area contributed by atoms with Gasteiger partial charge in [0.15, 0.2) is 0 Å². The molecule has 3 heteroatoms. The molecule has 202 valence electrons. The SMILES string of the molecule is CC(C)CCC[C@H](C)[C@@H]1C[C@@H]2O[C@]23C2=CC[C@@H]4C[C@H](OC(=O)c5ccccc5)CC[C@]4(C)[C@@H]2CC[C@@]13C. The third kappa shape index (κ3) is 3.97. The maximum atomic E-state index is 12.7. The summed E-state index contributed by atoms with van der Waals surface area (Å²) in [4.78, 5) is 12.7. The molecule has 0 aromatic heterocycles. The van der Waals surface area contributed by atoms with Crippen molar-refractivity contribution in [1.82, 2.24) is 0 Å². The van der Waals surface area contributed by atoms with E-state index >= 15 is 0 Å². The molecule has 9 atom stereocenters. The van der Waals surface area contributed by atoms with E-state index in [4.69, 9.17) is 9.47 Å². The highest BCUT2D eigenvalue weighted by atomic mass is 16.6. The van der Waals surface area contributed by atoms with Crippen LogP contribution in [0.25, 0.3) is 0 Å². The van der Waals surface area contributed by atoms with Gasteiger partial charge in [0.2, 0.25) is 0 Å². The molecule has 0 radical (unpaired) electrons. The van der Waals surface area contributed by atoms with Gasteiger partial charge in [-0.2, -0.15) is 0 Å². The van der Waals surface area contributed by atoms with Gasteiger partial charge in [0.25, 0.3) is 0 Å². The van der Waals surface area contributed by atoms with Crippen LogP contribution in [0.4, 0.5) is 0 Å². The topological polar surface area (TPSA) is 38.8 Å². The van der Waals surface area contributed by atoms with E-state index < -0.39 is 0 Å². The minimum atomic E-state index is -0.165. The van der Waals surface area contributed by atoms with E-state index in [2.05, 4.69) is 40.7 Å². The lowest BCUT2D eigenvalue weighted by Gasteiger charge is -2.58. The Morgan fingerprint density at radius 1 is 1.05 bits per heavy atom. The van der Waals surface area contributed by atoms with Gasteiger partial charge in [0.1, 0.15) is 11.7 Å². The fourth-order valence-corrected chi connectivity index (χ4v) is 9.75. The normalized spacial score (nSPS) is 42.6. The van der Waals surface area contributed by atoms with Crippen LogP contribution in [0.1, 0.15) is 109 Å². The van der Waals surface area contributed by atoms with E-state index in [0.29, 0.717) is 34.3 Å². The van der Waals surface area contributed by atoms with Crippen LogP contribution in [-0.2, 0) is 9.47 Å². The fraction of sp³-hybridized carbons (Fsp3) is 0.735. The van der Waals surface area contributed by atoms with E-state index in [1.54, 1.807) is 5.57 Å². The van der Waals surface area contributed by atoms with E-state index in [1.165, 1.54) is 38.5 Å². The lowest BCUT2D eigenvalue weighted by atomic mass is 9.47. The molecular formula is C34H48O3. The minimum absolute atomic E-state index is 0.0253. The zero-order chi connectivity index (χ0) is 26.0. The zero-order valence-corrected chi connectivity index (χ0v) is 23.8. The summed E-state index contributed by atoms with van der Waals surface area (Å²) >= 11 is 0. The Balaban J connectivity index is 1.17. The van der Waals surface area contributed by atoms with Crippen LogP contribution >= 0.6 is 0 Å². The van der Waals surface area contributed by atoms with Crippen LogP contribution in [0, 0.1) is 40.4 Å². The molecule has 5 aliphatic rings. The molecule has 0 amide bonds. The highest BCUT2D eigenvalue weighted by Crippen LogP contribution is 2.76. The quantitative estimate of drug-likeness (QED) is 0.213. The van der Waals surface area contributed by atoms with Crippen molar-refractivity contribution >= 4 is 5.97 Å². The lowest BCUT2D eigenvalue weighted by Crippen LogP contribution is -2.54. The van der Waals surface area contributed by atoms with Crippen LogP contribution < -0.4 is 0 Å². The second-order valence-corrected chi connectivity index (χ2v) is 14.3. The van der Waals surface area contributed by atoms with Crippen molar-refractivity contribution in [2.24, 2.45) is 40.4 Å². The molecule has 0 unspecified atom stereocenters. The van der Waals surface area contributed by atoms with E-state index in [9.17, 15) is 4.79 Å². The number of benzene rings is 1. The largest absolute Gasteiger partial charge is 0.459 e. The monoisotopic (exact) mass is 504 g/mol. The number of esters is 1. The minimum Gasteiger partial charge on any atom is -0.459 e. The molecule has 4 fully saturated rings. The molecular weight excluding hydrogens is 456 g/mol. The summed E-state index contributed by atoms with van der Waals surface area (Å²) in [6.07, 6.45) is 15.3. The Bertz CT molecular complexity index is 1040. The van der Waals surface area contributed by atoms with E-state index in [-0.39, 0.29) is 17.7 Å². The number of hydrogen-bond donors (Lipinski definition) is 0. The van der Waals surface area contributed by atoms with Crippen LogP contribution in [-0.4, -0.2) is 23.8 Å². The van der Waals surface area contributed by atoms with Crippen molar-refractivity contribution in [1.29, 1.82) is 0 Å². The maximum Gasteiger partial charge on any atom is 0.338 e. The third-order valence-electron chi connectivity index (χ3n) is 11.9. The van der Waals surface area contributed by atoms with Gasteiger partial charge >= 0.3 is 5.97 Å². The van der Waals surface area contributed by atoms with Crippen LogP contribution in [0.2, 0.25) is 0 Å². The van der Waals surface area contributed by atoms with Crippen molar-refractivity contribution < 1.29 is 14.3 Å². The molecule has 1 aromatic carbocycles. The first-order chi connectivity index (χ1) is 17.7. The lowest BCUT2D eigenvalue weighted by molar-refractivity contribution is -0.0665. The average Bonchev–Trinajstić information content (AvgIpc) is 3.54. The smallest absolute Gasteiger partial charge is 0.338 e. The zero-order valence-electron chi connectivity index (χ0n) is 23.8. The number of carbonyl (C=O) groups excluding carboxylic acids is 1. The number of fused-ring (bicyclic) bond motifs is 3. The Morgan fingerprint density at radius 2 is 1.84 bits per heavy atom. The van der Waals surface area contributed by atoms with Gasteiger partial charge in [-0.1, -0.05) is 78.2 Å². The summed E-state index contributed by atoms with van der Waals surface area (Å²) in [6, 6.07) is 9.47. The number of epoxide rings is 1. The van der Waals surface area contributed by atoms with Gasteiger partial charge in [-0.05, 0) is 97.7 Å². The van der Waals surface area contributed by atoms with Gasteiger partial charge in [-0.15, -0.1) is 0 Å². The predicted molar refractivity (Wildman–Crippen MR) is 148 cm³/mol. The third-order valence-corrected chi connectivity index (χ3v) is 11.9. The number of carbonyl (C=O) groups is 1. The van der Waals surface area contributed by atoms with Gasteiger partial charge < -0.3 is 9.47 Å². The molecule has 1 aliphatic heterocycles. The summed E-state index contributed by atoms with van der Waals surface area (Å²) in [6.45, 7) is 12.4. The number of ether oxygens (including phenoxy) is 2. The molecule has 4 aliphatic carbocycles. The second kappa shape index (κ2) is 9.25. The van der Waals surface area contributed by atoms with Crippen molar-refractivity contribution in [3.8, 4) is 0 Å². The number of hydrogen-bond acceptors (Lipinski definition) is 3. The summed E-state index contributed by atoms with van der Waals surface area (Å²) in [7, 11) is 0. The highest BCUT2D eigenvalue weighted by molar-refractivity contribution is 5.89. The molecule has 37 heavy (non-hydrogen) atoms. The van der Waals surface area contributed by atoms with Crippen LogP contribution in [0.15, 0.2) is 42.0 Å².